The lowest BCUT2D eigenvalue weighted by Gasteiger charge is -2.08. The second-order valence-corrected chi connectivity index (χ2v) is 4.74. The highest BCUT2D eigenvalue weighted by atomic mass is 35.5. The van der Waals surface area contributed by atoms with Crippen LogP contribution in [0.3, 0.4) is 0 Å². The molecule has 0 saturated heterocycles. The van der Waals surface area contributed by atoms with Crippen LogP contribution in [0.1, 0.15) is 6.92 Å². The van der Waals surface area contributed by atoms with Gasteiger partial charge in [-0.25, -0.2) is 0 Å². The number of halogens is 1. The number of rotatable bonds is 4. The largest absolute Gasteiger partial charge is 0.350 e. The number of nitrogens with one attached hydrogen (secondary N) is 2. The number of hydrogen-bond acceptors (Lipinski definition) is 4. The van der Waals surface area contributed by atoms with Gasteiger partial charge in [0.2, 0.25) is 5.91 Å². The summed E-state index contributed by atoms with van der Waals surface area (Å²) in [7, 11) is 0. The molecule has 0 aliphatic heterocycles. The van der Waals surface area contributed by atoms with E-state index in [0.29, 0.717) is 22.1 Å². The summed E-state index contributed by atoms with van der Waals surface area (Å²) in [6, 6.07) is 11.2. The summed E-state index contributed by atoms with van der Waals surface area (Å²) >= 11 is 5.76. The van der Waals surface area contributed by atoms with Gasteiger partial charge < -0.3 is 10.6 Å². The van der Waals surface area contributed by atoms with Gasteiger partial charge in [0.1, 0.15) is 5.69 Å². The van der Waals surface area contributed by atoms with Gasteiger partial charge >= 0.3 is 0 Å². The summed E-state index contributed by atoms with van der Waals surface area (Å²) < 4.78 is 0. The Labute approximate surface area is 125 Å². The normalized spacial score (nSPS) is 10.0. The number of nitrogens with zero attached hydrogens (tertiary/aromatic N) is 1. The first-order chi connectivity index (χ1) is 9.95. The van der Waals surface area contributed by atoms with Crippen LogP contribution in [0, 0.1) is 10.1 Å². The van der Waals surface area contributed by atoms with Gasteiger partial charge in [-0.3, -0.25) is 14.9 Å². The van der Waals surface area contributed by atoms with Gasteiger partial charge in [-0.2, -0.15) is 0 Å². The molecule has 0 radical (unpaired) electrons. The van der Waals surface area contributed by atoms with Gasteiger partial charge in [0.05, 0.1) is 4.92 Å². The maximum atomic E-state index is 11.0. The van der Waals surface area contributed by atoms with Crippen LogP contribution in [0.2, 0.25) is 5.02 Å². The highest BCUT2D eigenvalue weighted by Crippen LogP contribution is 2.30. The standard InChI is InChI=1S/C14H12ClN3O3/c1-9(19)16-11-3-5-12(6-4-11)17-13-7-2-10(15)8-14(13)18(20)21/h2-8,17H,1H3,(H,16,19). The van der Waals surface area contributed by atoms with Gasteiger partial charge in [0, 0.05) is 29.4 Å². The van der Waals surface area contributed by atoms with E-state index in [1.54, 1.807) is 36.4 Å². The molecule has 0 aliphatic carbocycles. The summed E-state index contributed by atoms with van der Waals surface area (Å²) in [6.45, 7) is 1.42. The van der Waals surface area contributed by atoms with Gasteiger partial charge in [-0.05, 0) is 36.4 Å². The van der Waals surface area contributed by atoms with Crippen molar-refractivity contribution in [1.82, 2.24) is 0 Å². The van der Waals surface area contributed by atoms with Crippen molar-refractivity contribution in [2.75, 3.05) is 10.6 Å². The van der Waals surface area contributed by atoms with E-state index in [1.807, 2.05) is 0 Å². The molecule has 0 spiro atoms. The Hall–Kier alpha value is -2.60. The number of benzene rings is 2. The predicted molar refractivity (Wildman–Crippen MR) is 82.1 cm³/mol. The first kappa shape index (κ1) is 14.8. The Morgan fingerprint density at radius 1 is 1.14 bits per heavy atom. The Morgan fingerprint density at radius 2 is 1.76 bits per heavy atom. The molecular weight excluding hydrogens is 294 g/mol. The third kappa shape index (κ3) is 3.93. The first-order valence-corrected chi connectivity index (χ1v) is 6.42. The van der Waals surface area contributed by atoms with E-state index in [9.17, 15) is 14.9 Å². The maximum Gasteiger partial charge on any atom is 0.294 e. The Kier molecular flexibility index (Phi) is 4.39. The minimum absolute atomic E-state index is 0.103. The quantitative estimate of drug-likeness (QED) is 0.661. The fourth-order valence-corrected chi connectivity index (χ4v) is 1.92. The van der Waals surface area contributed by atoms with E-state index in [2.05, 4.69) is 10.6 Å². The minimum Gasteiger partial charge on any atom is -0.350 e. The molecule has 0 fully saturated rings. The van der Waals surface area contributed by atoms with Crippen molar-refractivity contribution < 1.29 is 9.72 Å². The SMILES string of the molecule is CC(=O)Nc1ccc(Nc2ccc(Cl)cc2[N+](=O)[O-])cc1. The van der Waals surface area contributed by atoms with Crippen molar-refractivity contribution in [2.24, 2.45) is 0 Å². The lowest BCUT2D eigenvalue weighted by molar-refractivity contribution is -0.383. The van der Waals surface area contributed by atoms with Gasteiger partial charge in [0.15, 0.2) is 0 Å². The Morgan fingerprint density at radius 3 is 2.33 bits per heavy atom. The average Bonchev–Trinajstić information content (AvgIpc) is 2.42. The van der Waals surface area contributed by atoms with Gasteiger partial charge in [-0.1, -0.05) is 11.6 Å². The van der Waals surface area contributed by atoms with Crippen molar-refractivity contribution in [1.29, 1.82) is 0 Å². The lowest BCUT2D eigenvalue weighted by Crippen LogP contribution is -2.05. The van der Waals surface area contributed by atoms with Crippen molar-refractivity contribution >= 4 is 40.3 Å². The van der Waals surface area contributed by atoms with Crippen LogP contribution >= 0.6 is 11.6 Å². The van der Waals surface area contributed by atoms with Crippen LogP contribution in [0.4, 0.5) is 22.7 Å². The molecule has 0 aromatic heterocycles. The molecule has 0 heterocycles. The molecule has 0 aliphatic rings. The molecule has 2 aromatic rings. The summed E-state index contributed by atoms with van der Waals surface area (Å²) in [5.74, 6) is -0.163. The maximum absolute atomic E-state index is 11.0. The van der Waals surface area contributed by atoms with Crippen LogP contribution in [0.25, 0.3) is 0 Å². The van der Waals surface area contributed by atoms with Crippen LogP contribution in [0.15, 0.2) is 42.5 Å². The number of carbonyl (C=O) groups excluding carboxylic acids is 1. The van der Waals surface area contributed by atoms with Crippen LogP contribution in [-0.2, 0) is 4.79 Å². The molecule has 0 saturated carbocycles. The molecular formula is C14H12ClN3O3. The van der Waals surface area contributed by atoms with Crippen LogP contribution < -0.4 is 10.6 Å². The zero-order valence-electron chi connectivity index (χ0n) is 11.1. The zero-order valence-corrected chi connectivity index (χ0v) is 11.8. The molecule has 2 N–H and O–H groups in total. The van der Waals surface area contributed by atoms with Crippen molar-refractivity contribution in [3.63, 3.8) is 0 Å². The Bertz CT molecular complexity index is 686. The summed E-state index contributed by atoms with van der Waals surface area (Å²) in [5.41, 5.74) is 1.55. The van der Waals surface area contributed by atoms with Crippen molar-refractivity contribution in [2.45, 2.75) is 6.92 Å². The van der Waals surface area contributed by atoms with E-state index >= 15 is 0 Å². The third-order valence-corrected chi connectivity index (χ3v) is 2.88. The topological polar surface area (TPSA) is 84.3 Å². The summed E-state index contributed by atoms with van der Waals surface area (Å²) in [4.78, 5) is 21.4. The average molecular weight is 306 g/mol. The van der Waals surface area contributed by atoms with Gasteiger partial charge in [-0.15, -0.1) is 0 Å². The second kappa shape index (κ2) is 6.23. The fourth-order valence-electron chi connectivity index (χ4n) is 1.76. The number of amides is 1. The van der Waals surface area contributed by atoms with Crippen molar-refractivity contribution in [3.05, 3.63) is 57.6 Å². The number of anilines is 3. The second-order valence-electron chi connectivity index (χ2n) is 4.30. The molecule has 2 aromatic carbocycles. The van der Waals surface area contributed by atoms with E-state index < -0.39 is 4.92 Å². The van der Waals surface area contributed by atoms with E-state index in [4.69, 9.17) is 11.6 Å². The first-order valence-electron chi connectivity index (χ1n) is 6.04. The fraction of sp³-hybridized carbons (Fsp3) is 0.0714. The smallest absolute Gasteiger partial charge is 0.294 e. The monoisotopic (exact) mass is 305 g/mol. The van der Waals surface area contributed by atoms with Crippen molar-refractivity contribution in [3.8, 4) is 0 Å². The lowest BCUT2D eigenvalue weighted by atomic mass is 10.2. The molecule has 1 amide bonds. The van der Waals surface area contributed by atoms with Gasteiger partial charge in [0.25, 0.3) is 5.69 Å². The molecule has 0 atom stereocenters. The third-order valence-electron chi connectivity index (χ3n) is 2.64. The predicted octanol–water partition coefficient (Wildman–Crippen LogP) is 3.95. The van der Waals surface area contributed by atoms with Crippen LogP contribution in [-0.4, -0.2) is 10.8 Å². The summed E-state index contributed by atoms with van der Waals surface area (Å²) in [5, 5.41) is 16.9. The van der Waals surface area contributed by atoms with E-state index in [0.717, 1.165) is 0 Å². The molecule has 2 rings (SSSR count). The molecule has 21 heavy (non-hydrogen) atoms. The van der Waals surface area contributed by atoms with Crippen LogP contribution in [0.5, 0.6) is 0 Å². The molecule has 0 unspecified atom stereocenters. The van der Waals surface area contributed by atoms with E-state index in [-0.39, 0.29) is 11.6 Å². The number of nitro groups is 1. The zero-order chi connectivity index (χ0) is 15.4. The molecule has 108 valence electrons. The molecule has 7 heteroatoms. The number of nitro benzene ring substituents is 1. The molecule has 0 bridgehead atoms. The molecule has 6 nitrogen and oxygen atoms in total. The minimum atomic E-state index is -0.500. The highest BCUT2D eigenvalue weighted by molar-refractivity contribution is 6.30. The number of hydrogen-bond donors (Lipinski definition) is 2. The Balaban J connectivity index is 2.22. The van der Waals surface area contributed by atoms with E-state index in [1.165, 1.54) is 13.0 Å². The number of carbonyl (C=O) groups is 1. The highest BCUT2D eigenvalue weighted by Gasteiger charge is 2.14. The summed E-state index contributed by atoms with van der Waals surface area (Å²) in [6.07, 6.45) is 0.